The summed E-state index contributed by atoms with van der Waals surface area (Å²) >= 11 is 0. The molecule has 1 aromatic heterocycles. The first-order valence-corrected chi connectivity index (χ1v) is 6.37. The first-order chi connectivity index (χ1) is 9.08. The topological polar surface area (TPSA) is 105 Å². The summed E-state index contributed by atoms with van der Waals surface area (Å²) in [5.41, 5.74) is 0. The van der Waals surface area contributed by atoms with Crippen molar-refractivity contribution in [1.29, 1.82) is 0 Å². The number of nitrogens with one attached hydrogen (secondary N) is 1. The maximum Gasteiger partial charge on any atom is 0.307 e. The van der Waals surface area contributed by atoms with Crippen LogP contribution in [0.4, 0.5) is 0 Å². The van der Waals surface area contributed by atoms with Crippen LogP contribution in [-0.4, -0.2) is 27.1 Å². The lowest BCUT2D eigenvalue weighted by Crippen LogP contribution is -2.39. The van der Waals surface area contributed by atoms with Crippen LogP contribution in [-0.2, 0) is 16.1 Å². The Morgan fingerprint density at radius 1 is 1.37 bits per heavy atom. The van der Waals surface area contributed by atoms with E-state index < -0.39 is 17.8 Å². The van der Waals surface area contributed by atoms with E-state index in [1.165, 1.54) is 0 Å². The minimum atomic E-state index is -0.895. The van der Waals surface area contributed by atoms with Crippen LogP contribution in [0.1, 0.15) is 37.4 Å². The molecule has 1 heterocycles. The summed E-state index contributed by atoms with van der Waals surface area (Å²) in [6.45, 7) is 1.83. The van der Waals surface area contributed by atoms with Crippen molar-refractivity contribution in [3.8, 4) is 0 Å². The number of hydrogen-bond donors (Lipinski definition) is 2. The maximum absolute atomic E-state index is 12.0. The maximum atomic E-state index is 12.0. The molecule has 7 heteroatoms. The van der Waals surface area contributed by atoms with E-state index >= 15 is 0 Å². The quantitative estimate of drug-likeness (QED) is 0.839. The molecule has 0 saturated heterocycles. The lowest BCUT2D eigenvalue weighted by Gasteiger charge is -2.27. The fraction of sp³-hybridized carbons (Fsp3) is 0.667. The smallest absolute Gasteiger partial charge is 0.307 e. The number of nitrogens with zero attached hydrogens (tertiary/aromatic N) is 2. The van der Waals surface area contributed by atoms with E-state index in [9.17, 15) is 9.59 Å². The molecule has 1 aromatic rings. The van der Waals surface area contributed by atoms with Gasteiger partial charge in [-0.15, -0.1) is 0 Å². The molecule has 1 fully saturated rings. The van der Waals surface area contributed by atoms with E-state index in [-0.39, 0.29) is 12.5 Å². The van der Waals surface area contributed by atoms with Crippen molar-refractivity contribution >= 4 is 11.9 Å². The van der Waals surface area contributed by atoms with Gasteiger partial charge in [-0.1, -0.05) is 18.0 Å². The lowest BCUT2D eigenvalue weighted by atomic mass is 9.79. The third kappa shape index (κ3) is 3.30. The molecular weight excluding hydrogens is 250 g/mol. The first kappa shape index (κ1) is 13.5. The fourth-order valence-corrected chi connectivity index (χ4v) is 2.45. The Morgan fingerprint density at radius 3 is 2.63 bits per heavy atom. The Morgan fingerprint density at radius 2 is 2.05 bits per heavy atom. The van der Waals surface area contributed by atoms with Crippen LogP contribution in [0.5, 0.6) is 0 Å². The molecule has 19 heavy (non-hydrogen) atoms. The van der Waals surface area contributed by atoms with E-state index in [1.807, 2.05) is 0 Å². The minimum absolute atomic E-state index is 0.141. The van der Waals surface area contributed by atoms with E-state index in [1.54, 1.807) is 6.92 Å². The van der Waals surface area contributed by atoms with Crippen LogP contribution < -0.4 is 5.32 Å². The van der Waals surface area contributed by atoms with E-state index in [0.717, 1.165) is 12.8 Å². The summed E-state index contributed by atoms with van der Waals surface area (Å²) in [6.07, 6.45) is 2.93. The average Bonchev–Trinajstić information content (AvgIpc) is 2.81. The molecule has 0 aliphatic heterocycles. The zero-order valence-electron chi connectivity index (χ0n) is 10.8. The second kappa shape index (κ2) is 5.81. The van der Waals surface area contributed by atoms with Gasteiger partial charge in [0.25, 0.3) is 0 Å². The van der Waals surface area contributed by atoms with Crippen LogP contribution in [0.25, 0.3) is 0 Å². The molecule has 1 aliphatic rings. The fourth-order valence-electron chi connectivity index (χ4n) is 2.45. The number of amides is 1. The van der Waals surface area contributed by atoms with Gasteiger partial charge in [0.15, 0.2) is 5.82 Å². The highest BCUT2D eigenvalue weighted by molar-refractivity contribution is 5.84. The van der Waals surface area contributed by atoms with E-state index in [0.29, 0.717) is 24.6 Å². The molecular formula is C12H17N3O4. The van der Waals surface area contributed by atoms with E-state index in [4.69, 9.17) is 9.63 Å². The van der Waals surface area contributed by atoms with Gasteiger partial charge in [-0.3, -0.25) is 9.59 Å². The largest absolute Gasteiger partial charge is 0.481 e. The zero-order chi connectivity index (χ0) is 13.8. The Hall–Kier alpha value is -1.92. The second-order valence-electron chi connectivity index (χ2n) is 4.79. The standard InChI is InChI=1S/C12H17N3O4/c1-7-14-10(19-15-7)6-13-11(16)8-4-2-3-5-9(8)12(17)18/h8-9H,2-6H2,1H3,(H,13,16)(H,17,18). The number of carboxylic acids is 1. The predicted molar refractivity (Wildman–Crippen MR) is 64.0 cm³/mol. The third-order valence-corrected chi connectivity index (χ3v) is 3.40. The third-order valence-electron chi connectivity index (χ3n) is 3.40. The number of hydrogen-bond acceptors (Lipinski definition) is 5. The highest BCUT2D eigenvalue weighted by Gasteiger charge is 2.35. The number of carbonyl (C=O) groups excluding carboxylic acids is 1. The second-order valence-corrected chi connectivity index (χ2v) is 4.79. The number of carbonyl (C=O) groups is 2. The lowest BCUT2D eigenvalue weighted by molar-refractivity contribution is -0.149. The summed E-state index contributed by atoms with van der Waals surface area (Å²) < 4.78 is 4.88. The minimum Gasteiger partial charge on any atom is -0.481 e. The predicted octanol–water partition coefficient (Wildman–Crippen LogP) is 0.885. The monoisotopic (exact) mass is 267 g/mol. The van der Waals surface area contributed by atoms with Crippen LogP contribution in [0.2, 0.25) is 0 Å². The van der Waals surface area contributed by atoms with Gasteiger partial charge in [-0.05, 0) is 19.8 Å². The van der Waals surface area contributed by atoms with Crippen LogP contribution >= 0.6 is 0 Å². The summed E-state index contributed by atoms with van der Waals surface area (Å²) in [4.78, 5) is 27.1. The van der Waals surface area contributed by atoms with Crippen molar-refractivity contribution in [2.24, 2.45) is 11.8 Å². The molecule has 2 N–H and O–H groups in total. The average molecular weight is 267 g/mol. The highest BCUT2D eigenvalue weighted by Crippen LogP contribution is 2.30. The van der Waals surface area contributed by atoms with Crippen LogP contribution in [0.15, 0.2) is 4.52 Å². The van der Waals surface area contributed by atoms with Gasteiger partial charge >= 0.3 is 5.97 Å². The van der Waals surface area contributed by atoms with Crippen LogP contribution in [0, 0.1) is 18.8 Å². The summed E-state index contributed by atoms with van der Waals surface area (Å²) in [6, 6.07) is 0. The molecule has 0 spiro atoms. The van der Waals surface area contributed by atoms with E-state index in [2.05, 4.69) is 15.5 Å². The Balaban J connectivity index is 1.92. The van der Waals surface area contributed by atoms with Gasteiger partial charge < -0.3 is 14.9 Å². The summed E-state index contributed by atoms with van der Waals surface area (Å²) in [7, 11) is 0. The Labute approximate surface area is 110 Å². The van der Waals surface area contributed by atoms with Gasteiger partial charge in [-0.2, -0.15) is 4.98 Å². The molecule has 1 aliphatic carbocycles. The van der Waals surface area contributed by atoms with Gasteiger partial charge in [0.1, 0.15) is 0 Å². The number of aryl methyl sites for hydroxylation is 1. The van der Waals surface area contributed by atoms with Crippen molar-refractivity contribution in [1.82, 2.24) is 15.5 Å². The van der Waals surface area contributed by atoms with Gasteiger partial charge in [0.2, 0.25) is 11.8 Å². The molecule has 7 nitrogen and oxygen atoms in total. The Kier molecular flexibility index (Phi) is 4.13. The Bertz CT molecular complexity index is 471. The SMILES string of the molecule is Cc1noc(CNC(=O)C2CCCCC2C(=O)O)n1. The highest BCUT2D eigenvalue weighted by atomic mass is 16.5. The molecule has 0 radical (unpaired) electrons. The van der Waals surface area contributed by atoms with Gasteiger partial charge in [0.05, 0.1) is 18.4 Å². The normalized spacial score (nSPS) is 23.0. The number of rotatable bonds is 4. The van der Waals surface area contributed by atoms with Gasteiger partial charge in [0, 0.05) is 0 Å². The summed E-state index contributed by atoms with van der Waals surface area (Å²) in [5.74, 6) is -1.36. The molecule has 2 atom stereocenters. The molecule has 1 amide bonds. The first-order valence-electron chi connectivity index (χ1n) is 6.37. The number of carboxylic acid groups (broad SMARTS) is 1. The van der Waals surface area contributed by atoms with Crippen molar-refractivity contribution < 1.29 is 19.2 Å². The molecule has 0 aromatic carbocycles. The van der Waals surface area contributed by atoms with Crippen molar-refractivity contribution in [2.75, 3.05) is 0 Å². The van der Waals surface area contributed by atoms with Crippen molar-refractivity contribution in [2.45, 2.75) is 39.2 Å². The van der Waals surface area contributed by atoms with Crippen molar-refractivity contribution in [3.05, 3.63) is 11.7 Å². The number of aliphatic carboxylic acids is 1. The van der Waals surface area contributed by atoms with Crippen LogP contribution in [0.3, 0.4) is 0 Å². The zero-order valence-corrected chi connectivity index (χ0v) is 10.8. The molecule has 2 unspecified atom stereocenters. The molecule has 1 saturated carbocycles. The molecule has 104 valence electrons. The van der Waals surface area contributed by atoms with Gasteiger partial charge in [-0.25, -0.2) is 0 Å². The van der Waals surface area contributed by atoms with Crippen molar-refractivity contribution in [3.63, 3.8) is 0 Å². The molecule has 2 rings (SSSR count). The number of aromatic nitrogens is 2. The summed E-state index contributed by atoms with van der Waals surface area (Å²) in [5, 5.41) is 15.4. The molecule has 0 bridgehead atoms.